The summed E-state index contributed by atoms with van der Waals surface area (Å²) in [5.74, 6) is 0. The molecule has 1 nitrogen and oxygen atoms in total. The van der Waals surface area contributed by atoms with Crippen molar-refractivity contribution in [1.29, 1.82) is 0 Å². The summed E-state index contributed by atoms with van der Waals surface area (Å²) in [7, 11) is 0. The summed E-state index contributed by atoms with van der Waals surface area (Å²) >= 11 is 1.81. The van der Waals surface area contributed by atoms with Gasteiger partial charge >= 0.3 is 0 Å². The fourth-order valence-corrected chi connectivity index (χ4v) is 2.62. The molecule has 1 aromatic carbocycles. The summed E-state index contributed by atoms with van der Waals surface area (Å²) < 4.78 is 1.39. The van der Waals surface area contributed by atoms with Crippen LogP contribution in [0.2, 0.25) is 0 Å². The van der Waals surface area contributed by atoms with E-state index in [1.165, 1.54) is 27.8 Å². The van der Waals surface area contributed by atoms with Gasteiger partial charge in [0.2, 0.25) is 0 Å². The molecule has 0 bridgehead atoms. The summed E-state index contributed by atoms with van der Waals surface area (Å²) in [6, 6.07) is 6.68. The van der Waals surface area contributed by atoms with Crippen LogP contribution in [0.3, 0.4) is 0 Å². The van der Waals surface area contributed by atoms with E-state index in [9.17, 15) is 0 Å². The van der Waals surface area contributed by atoms with Crippen molar-refractivity contribution in [1.82, 2.24) is 0 Å². The number of anilines is 1. The van der Waals surface area contributed by atoms with E-state index in [2.05, 4.69) is 28.9 Å². The van der Waals surface area contributed by atoms with E-state index < -0.39 is 0 Å². The van der Waals surface area contributed by atoms with Crippen LogP contribution in [-0.2, 0) is 6.42 Å². The van der Waals surface area contributed by atoms with Crippen LogP contribution in [-0.4, -0.2) is 6.54 Å². The highest BCUT2D eigenvalue weighted by Crippen LogP contribution is 2.33. The first-order valence-corrected chi connectivity index (χ1v) is 5.06. The van der Waals surface area contributed by atoms with Crippen molar-refractivity contribution >= 4 is 27.1 Å². The average Bonchev–Trinajstić information content (AvgIpc) is 2.71. The monoisotopic (exact) mass is 175 g/mol. The van der Waals surface area contributed by atoms with Gasteiger partial charge in [0.25, 0.3) is 0 Å². The quantitative estimate of drug-likeness (QED) is 0.649. The van der Waals surface area contributed by atoms with Crippen LogP contribution in [0.25, 0.3) is 10.1 Å². The van der Waals surface area contributed by atoms with Crippen LogP contribution in [0.4, 0.5) is 5.69 Å². The largest absolute Gasteiger partial charge is 0.384 e. The molecule has 2 heteroatoms. The van der Waals surface area contributed by atoms with Crippen molar-refractivity contribution in [2.75, 3.05) is 11.9 Å². The van der Waals surface area contributed by atoms with Crippen LogP contribution >= 0.6 is 11.3 Å². The molecule has 0 spiro atoms. The zero-order valence-electron chi connectivity index (χ0n) is 6.63. The molecule has 1 N–H and O–H groups in total. The molecule has 0 atom stereocenters. The molecule has 0 aliphatic carbocycles. The van der Waals surface area contributed by atoms with Gasteiger partial charge in [-0.25, -0.2) is 0 Å². The summed E-state index contributed by atoms with van der Waals surface area (Å²) in [5, 5.41) is 6.99. The first-order chi connectivity index (χ1) is 5.95. The van der Waals surface area contributed by atoms with Gasteiger partial charge in [-0.1, -0.05) is 6.07 Å². The fraction of sp³-hybridized carbons (Fsp3) is 0.200. The van der Waals surface area contributed by atoms with Crippen molar-refractivity contribution in [2.24, 2.45) is 0 Å². The molecule has 0 saturated carbocycles. The van der Waals surface area contributed by atoms with Crippen molar-refractivity contribution in [3.63, 3.8) is 0 Å². The minimum Gasteiger partial charge on any atom is -0.384 e. The third-order valence-corrected chi connectivity index (χ3v) is 3.30. The molecule has 12 heavy (non-hydrogen) atoms. The SMILES string of the molecule is c1cc2c3c(ccc2s1)CCN3. The number of hydrogen-bond acceptors (Lipinski definition) is 2. The maximum absolute atomic E-state index is 3.44. The molecule has 3 rings (SSSR count). The van der Waals surface area contributed by atoms with E-state index >= 15 is 0 Å². The Bertz CT molecular complexity index is 430. The molecule has 0 radical (unpaired) electrons. The van der Waals surface area contributed by atoms with Crippen molar-refractivity contribution in [3.8, 4) is 0 Å². The lowest BCUT2D eigenvalue weighted by molar-refractivity contribution is 1.11. The Labute approximate surface area is 75.0 Å². The zero-order chi connectivity index (χ0) is 7.97. The predicted molar refractivity (Wildman–Crippen MR) is 54.0 cm³/mol. The molecule has 1 aliphatic heterocycles. The number of hydrogen-bond donors (Lipinski definition) is 1. The molecule has 60 valence electrons. The van der Waals surface area contributed by atoms with Gasteiger partial charge in [0, 0.05) is 22.3 Å². The molecular formula is C10H9NS. The molecule has 0 saturated heterocycles. The van der Waals surface area contributed by atoms with Crippen molar-refractivity contribution in [2.45, 2.75) is 6.42 Å². The standard InChI is InChI=1S/C10H9NS/c1-2-9-8(4-6-12-9)10-7(1)3-5-11-10/h1-2,4,6,11H,3,5H2. The second-order valence-electron chi connectivity index (χ2n) is 3.11. The maximum Gasteiger partial charge on any atom is 0.0461 e. The Morgan fingerprint density at radius 3 is 3.25 bits per heavy atom. The van der Waals surface area contributed by atoms with Crippen LogP contribution in [0.15, 0.2) is 23.6 Å². The number of thiophene rings is 1. The Balaban J connectivity index is 2.46. The fourth-order valence-electron chi connectivity index (χ4n) is 1.83. The molecule has 1 aliphatic rings. The van der Waals surface area contributed by atoms with E-state index in [0.29, 0.717) is 0 Å². The van der Waals surface area contributed by atoms with Gasteiger partial charge in [-0.3, -0.25) is 0 Å². The molecule has 1 aromatic heterocycles. The highest BCUT2D eigenvalue weighted by Gasteiger charge is 2.12. The molecule has 2 aromatic rings. The third kappa shape index (κ3) is 0.730. The van der Waals surface area contributed by atoms with Gasteiger partial charge in [0.05, 0.1) is 0 Å². The van der Waals surface area contributed by atoms with E-state index in [1.54, 1.807) is 0 Å². The van der Waals surface area contributed by atoms with Gasteiger partial charge in [-0.15, -0.1) is 11.3 Å². The molecular weight excluding hydrogens is 166 g/mol. The smallest absolute Gasteiger partial charge is 0.0461 e. The van der Waals surface area contributed by atoms with Gasteiger partial charge in [-0.2, -0.15) is 0 Å². The molecule has 0 fully saturated rings. The highest BCUT2D eigenvalue weighted by atomic mass is 32.1. The molecule has 0 amide bonds. The van der Waals surface area contributed by atoms with E-state index in [0.717, 1.165) is 6.54 Å². The van der Waals surface area contributed by atoms with E-state index in [4.69, 9.17) is 0 Å². The second kappa shape index (κ2) is 2.23. The topological polar surface area (TPSA) is 12.0 Å². The summed E-state index contributed by atoms with van der Waals surface area (Å²) in [6.07, 6.45) is 1.18. The van der Waals surface area contributed by atoms with Crippen LogP contribution in [0, 0.1) is 0 Å². The lowest BCUT2D eigenvalue weighted by Gasteiger charge is -2.00. The molecule has 2 heterocycles. The zero-order valence-corrected chi connectivity index (χ0v) is 7.45. The van der Waals surface area contributed by atoms with Gasteiger partial charge in [0.1, 0.15) is 0 Å². The normalized spacial score (nSPS) is 14.7. The average molecular weight is 175 g/mol. The lowest BCUT2D eigenvalue weighted by atomic mass is 10.1. The van der Waals surface area contributed by atoms with Crippen molar-refractivity contribution in [3.05, 3.63) is 29.1 Å². The van der Waals surface area contributed by atoms with Crippen LogP contribution in [0.1, 0.15) is 5.56 Å². The molecule has 0 unspecified atom stereocenters. The van der Waals surface area contributed by atoms with E-state index in [1.807, 2.05) is 11.3 Å². The first kappa shape index (κ1) is 6.49. The minimum atomic E-state index is 1.10. The Morgan fingerprint density at radius 1 is 1.25 bits per heavy atom. The third-order valence-electron chi connectivity index (χ3n) is 2.42. The summed E-state index contributed by atoms with van der Waals surface area (Å²) in [4.78, 5) is 0. The first-order valence-electron chi connectivity index (χ1n) is 4.18. The van der Waals surface area contributed by atoms with Crippen LogP contribution < -0.4 is 5.32 Å². The Morgan fingerprint density at radius 2 is 2.25 bits per heavy atom. The number of fused-ring (bicyclic) bond motifs is 3. The second-order valence-corrected chi connectivity index (χ2v) is 4.06. The number of rotatable bonds is 0. The summed E-state index contributed by atoms with van der Waals surface area (Å²) in [5.41, 5.74) is 2.84. The number of nitrogens with one attached hydrogen (secondary N) is 1. The van der Waals surface area contributed by atoms with Gasteiger partial charge in [-0.05, 0) is 29.5 Å². The maximum atomic E-state index is 3.44. The minimum absolute atomic E-state index is 1.10. The van der Waals surface area contributed by atoms with E-state index in [-0.39, 0.29) is 0 Å². The van der Waals surface area contributed by atoms with Crippen molar-refractivity contribution < 1.29 is 0 Å². The lowest BCUT2D eigenvalue weighted by Crippen LogP contribution is -1.90. The van der Waals surface area contributed by atoms with Crippen LogP contribution in [0.5, 0.6) is 0 Å². The predicted octanol–water partition coefficient (Wildman–Crippen LogP) is 2.87. The summed E-state index contributed by atoms with van der Waals surface area (Å²) in [6.45, 7) is 1.10. The van der Waals surface area contributed by atoms with Gasteiger partial charge in [0.15, 0.2) is 0 Å². The Hall–Kier alpha value is -1.02. The Kier molecular flexibility index (Phi) is 1.21. The van der Waals surface area contributed by atoms with Gasteiger partial charge < -0.3 is 5.32 Å². The number of benzene rings is 1. The highest BCUT2D eigenvalue weighted by molar-refractivity contribution is 7.17.